The highest BCUT2D eigenvalue weighted by Crippen LogP contribution is 2.37. The van der Waals surface area contributed by atoms with Crippen molar-refractivity contribution in [2.45, 2.75) is 63.5 Å². The van der Waals surface area contributed by atoms with Gasteiger partial charge in [0.1, 0.15) is 17.2 Å². The zero-order valence-corrected chi connectivity index (χ0v) is 19.8. The summed E-state index contributed by atoms with van der Waals surface area (Å²) in [5, 5.41) is 25.2. The number of carbonyl (C=O) groups is 1. The lowest BCUT2D eigenvalue weighted by atomic mass is 9.86. The van der Waals surface area contributed by atoms with Crippen molar-refractivity contribution < 1.29 is 23.8 Å². The molecule has 2 aliphatic rings. The second kappa shape index (κ2) is 10.3. The van der Waals surface area contributed by atoms with Crippen molar-refractivity contribution >= 4 is 34.7 Å². The number of hydrogen-bond donors (Lipinski definition) is 4. The Morgan fingerprint density at radius 2 is 1.81 bits per heavy atom. The van der Waals surface area contributed by atoms with Crippen LogP contribution < -0.4 is 10.6 Å². The molecule has 0 atom stereocenters. The van der Waals surface area contributed by atoms with Crippen LogP contribution in [0.2, 0.25) is 0 Å². The van der Waals surface area contributed by atoms with Gasteiger partial charge in [-0.15, -0.1) is 0 Å². The van der Waals surface area contributed by atoms with E-state index >= 15 is 0 Å². The summed E-state index contributed by atoms with van der Waals surface area (Å²) in [4.78, 5) is 25.3. The summed E-state index contributed by atoms with van der Waals surface area (Å²) in [6, 6.07) is 3.42. The highest BCUT2D eigenvalue weighted by atomic mass is 19.1. The maximum Gasteiger partial charge on any atom is 0.306 e. The Morgan fingerprint density at radius 3 is 2.47 bits per heavy atom. The van der Waals surface area contributed by atoms with Gasteiger partial charge in [-0.05, 0) is 69.4 Å². The summed E-state index contributed by atoms with van der Waals surface area (Å²) in [7, 11) is 0. The number of aliphatic hydroxyl groups excluding tert-OH is 1. The number of carboxylic acid groups (broad SMARTS) is 1. The number of nitrogens with one attached hydrogen (secondary N) is 2. The zero-order valence-electron chi connectivity index (χ0n) is 19.8. The maximum atomic E-state index is 14.4. The molecular formula is C25H30F2N6O3. The maximum absolute atomic E-state index is 14.4. The van der Waals surface area contributed by atoms with E-state index in [1.54, 1.807) is 6.20 Å². The molecular weight excluding hydrogens is 470 g/mol. The van der Waals surface area contributed by atoms with E-state index in [4.69, 9.17) is 4.98 Å². The second-order valence-electron chi connectivity index (χ2n) is 9.85. The molecule has 0 bridgehead atoms. The zero-order chi connectivity index (χ0) is 25.2. The lowest BCUT2D eigenvalue weighted by Gasteiger charge is -2.29. The van der Waals surface area contributed by atoms with Crippen LogP contribution in [0, 0.1) is 23.5 Å². The average molecular weight is 501 g/mol. The summed E-state index contributed by atoms with van der Waals surface area (Å²) in [5.74, 6) is -1.43. The molecule has 4 N–H and O–H groups in total. The minimum atomic E-state index is -0.791. The summed E-state index contributed by atoms with van der Waals surface area (Å²) in [6.45, 7) is 0.211. The number of rotatable bonds is 7. The molecule has 0 unspecified atom stereocenters. The number of halogens is 2. The number of aliphatic carboxylic acids is 1. The molecule has 2 aliphatic carbocycles. The topological polar surface area (TPSA) is 125 Å². The van der Waals surface area contributed by atoms with Crippen molar-refractivity contribution in [2.24, 2.45) is 11.8 Å². The first-order valence-corrected chi connectivity index (χ1v) is 12.5. The Hall–Kier alpha value is -3.34. The van der Waals surface area contributed by atoms with Crippen molar-refractivity contribution in [3.05, 3.63) is 36.0 Å². The van der Waals surface area contributed by atoms with E-state index < -0.39 is 17.6 Å². The summed E-state index contributed by atoms with van der Waals surface area (Å²) in [6.07, 6.45) is 7.61. The van der Waals surface area contributed by atoms with Gasteiger partial charge in [0.05, 0.1) is 17.8 Å². The number of imidazole rings is 1. The number of aliphatic hydroxyl groups is 1. The van der Waals surface area contributed by atoms with E-state index in [1.165, 1.54) is 12.1 Å². The summed E-state index contributed by atoms with van der Waals surface area (Å²) in [5.41, 5.74) is 1.18. The number of nitrogens with zero attached hydrogens (tertiary/aromatic N) is 4. The minimum Gasteiger partial charge on any atom is -0.481 e. The normalized spacial score (nSPS) is 24.5. The molecule has 192 valence electrons. The van der Waals surface area contributed by atoms with E-state index in [1.807, 2.05) is 4.57 Å². The Kier molecular flexibility index (Phi) is 6.99. The van der Waals surface area contributed by atoms with Gasteiger partial charge in [0, 0.05) is 24.8 Å². The van der Waals surface area contributed by atoms with Crippen LogP contribution in [0.4, 0.5) is 26.4 Å². The highest BCUT2D eigenvalue weighted by molar-refractivity contribution is 5.77. The number of carboxylic acids is 1. The smallest absolute Gasteiger partial charge is 0.306 e. The number of hydrogen-bond acceptors (Lipinski definition) is 7. The first-order valence-electron chi connectivity index (χ1n) is 12.5. The Morgan fingerprint density at radius 1 is 1.06 bits per heavy atom. The van der Waals surface area contributed by atoms with Gasteiger partial charge in [-0.25, -0.2) is 18.7 Å². The molecule has 2 aromatic heterocycles. The monoisotopic (exact) mass is 500 g/mol. The van der Waals surface area contributed by atoms with Gasteiger partial charge >= 0.3 is 5.97 Å². The largest absolute Gasteiger partial charge is 0.481 e. The van der Waals surface area contributed by atoms with E-state index in [-0.39, 0.29) is 30.3 Å². The SMILES string of the molecule is O=C(O)C1CCC(n2c(Nc3ccc(F)cc3F)nc3cnc(NC4CCC(CO)CC4)nc32)CC1. The van der Waals surface area contributed by atoms with Crippen LogP contribution in [-0.2, 0) is 4.79 Å². The molecule has 0 aliphatic heterocycles. The summed E-state index contributed by atoms with van der Waals surface area (Å²) < 4.78 is 29.7. The molecule has 0 radical (unpaired) electrons. The van der Waals surface area contributed by atoms with Crippen LogP contribution in [-0.4, -0.2) is 48.4 Å². The third-order valence-electron chi connectivity index (χ3n) is 7.46. The lowest BCUT2D eigenvalue weighted by Crippen LogP contribution is -2.28. The van der Waals surface area contributed by atoms with Crippen LogP contribution in [0.5, 0.6) is 0 Å². The molecule has 0 spiro atoms. The third kappa shape index (κ3) is 5.11. The van der Waals surface area contributed by atoms with E-state index in [0.717, 1.165) is 31.7 Å². The van der Waals surface area contributed by atoms with E-state index in [2.05, 4.69) is 20.6 Å². The molecule has 0 amide bonds. The van der Waals surface area contributed by atoms with Gasteiger partial charge < -0.3 is 20.8 Å². The van der Waals surface area contributed by atoms with Crippen LogP contribution in [0.15, 0.2) is 24.4 Å². The molecule has 2 fully saturated rings. The molecule has 2 saturated carbocycles. The Labute approximate surface area is 207 Å². The van der Waals surface area contributed by atoms with Crippen molar-refractivity contribution in [1.29, 1.82) is 0 Å². The molecule has 0 saturated heterocycles. The fourth-order valence-electron chi connectivity index (χ4n) is 5.36. The fourth-order valence-corrected chi connectivity index (χ4v) is 5.36. The summed E-state index contributed by atoms with van der Waals surface area (Å²) >= 11 is 0. The van der Waals surface area contributed by atoms with Gasteiger partial charge in [-0.1, -0.05) is 0 Å². The third-order valence-corrected chi connectivity index (χ3v) is 7.46. The molecule has 9 nitrogen and oxygen atoms in total. The van der Waals surface area contributed by atoms with Crippen LogP contribution in [0.25, 0.3) is 11.2 Å². The number of aromatic nitrogens is 4. The number of benzene rings is 1. The minimum absolute atomic E-state index is 0.0825. The number of fused-ring (bicyclic) bond motifs is 1. The van der Waals surface area contributed by atoms with E-state index in [9.17, 15) is 23.8 Å². The predicted molar refractivity (Wildman–Crippen MR) is 130 cm³/mol. The van der Waals surface area contributed by atoms with Crippen LogP contribution in [0.1, 0.15) is 57.4 Å². The van der Waals surface area contributed by atoms with Gasteiger partial charge in [0.25, 0.3) is 0 Å². The molecule has 36 heavy (non-hydrogen) atoms. The van der Waals surface area contributed by atoms with Crippen molar-refractivity contribution in [1.82, 2.24) is 19.5 Å². The van der Waals surface area contributed by atoms with Crippen molar-refractivity contribution in [3.63, 3.8) is 0 Å². The predicted octanol–water partition coefficient (Wildman–Crippen LogP) is 4.63. The van der Waals surface area contributed by atoms with Gasteiger partial charge in [0.2, 0.25) is 11.9 Å². The molecule has 1 aromatic carbocycles. The first kappa shape index (κ1) is 24.4. The molecule has 2 heterocycles. The van der Waals surface area contributed by atoms with Crippen molar-refractivity contribution in [3.8, 4) is 0 Å². The first-order chi connectivity index (χ1) is 17.4. The molecule has 11 heteroatoms. The Bertz CT molecular complexity index is 1240. The van der Waals surface area contributed by atoms with Gasteiger partial charge in [-0.3, -0.25) is 9.36 Å². The quantitative estimate of drug-likeness (QED) is 0.370. The van der Waals surface area contributed by atoms with Crippen LogP contribution in [0.3, 0.4) is 0 Å². The highest BCUT2D eigenvalue weighted by Gasteiger charge is 2.30. The van der Waals surface area contributed by atoms with Gasteiger partial charge in [0.15, 0.2) is 5.65 Å². The van der Waals surface area contributed by atoms with Crippen molar-refractivity contribution in [2.75, 3.05) is 17.2 Å². The standard InChI is InChI=1S/C25H30F2N6O3/c26-16-5-10-20(19(27)11-16)30-25-31-21-12-28-24(29-17-6-1-14(13-34)2-7-17)32-22(21)33(25)18-8-3-15(4-9-18)23(35)36/h5,10-12,14-15,17-18,34H,1-4,6-9,13H2,(H,30,31)(H,35,36)(H,28,29,32). The molecule has 3 aromatic rings. The molecule has 5 rings (SSSR count). The Balaban J connectivity index is 1.46. The lowest BCUT2D eigenvalue weighted by molar-refractivity contribution is -0.143. The second-order valence-corrected chi connectivity index (χ2v) is 9.85. The van der Waals surface area contributed by atoms with Gasteiger partial charge in [-0.2, -0.15) is 4.98 Å². The van der Waals surface area contributed by atoms with Crippen LogP contribution >= 0.6 is 0 Å². The number of anilines is 3. The average Bonchev–Trinajstić information content (AvgIpc) is 3.23. The van der Waals surface area contributed by atoms with E-state index in [0.29, 0.717) is 54.7 Å². The fraction of sp³-hybridized carbons (Fsp3) is 0.520.